The Kier molecular flexibility index (Phi) is 5.34. The van der Waals surface area contributed by atoms with E-state index in [1.807, 2.05) is 0 Å². The third-order valence-electron chi connectivity index (χ3n) is 3.53. The monoisotopic (exact) mass is 317 g/mol. The Morgan fingerprint density at radius 2 is 1.87 bits per heavy atom. The van der Waals surface area contributed by atoms with Gasteiger partial charge in [0, 0.05) is 13.5 Å². The topological polar surface area (TPSA) is 58.6 Å². The van der Waals surface area contributed by atoms with Crippen molar-refractivity contribution in [2.24, 2.45) is 0 Å². The summed E-state index contributed by atoms with van der Waals surface area (Å²) in [7, 11) is 0. The van der Waals surface area contributed by atoms with Crippen LogP contribution in [0, 0.1) is 5.82 Å². The number of hydrogen-bond donors (Lipinski definition) is 2. The van der Waals surface area contributed by atoms with E-state index in [4.69, 9.17) is 4.74 Å². The molecule has 1 unspecified atom stereocenters. The van der Waals surface area contributed by atoms with E-state index in [9.17, 15) is 14.3 Å². The number of halogens is 1. The molecule has 2 aromatic carbocycles. The Morgan fingerprint density at radius 1 is 1.22 bits per heavy atom. The van der Waals surface area contributed by atoms with Gasteiger partial charge in [-0.25, -0.2) is 4.39 Å². The Balaban J connectivity index is 2.03. The van der Waals surface area contributed by atoms with Gasteiger partial charge in [0.2, 0.25) is 5.91 Å². The van der Waals surface area contributed by atoms with Crippen LogP contribution in [0.3, 0.4) is 0 Å². The zero-order chi connectivity index (χ0) is 16.9. The van der Waals surface area contributed by atoms with Crippen molar-refractivity contribution in [2.75, 3.05) is 6.54 Å². The molecule has 2 aromatic rings. The van der Waals surface area contributed by atoms with E-state index < -0.39 is 11.4 Å². The predicted molar refractivity (Wildman–Crippen MR) is 85.8 cm³/mol. The van der Waals surface area contributed by atoms with Crippen molar-refractivity contribution in [3.8, 4) is 11.5 Å². The highest BCUT2D eigenvalue weighted by Gasteiger charge is 2.22. The number of carbonyl (C=O) groups is 1. The molecule has 1 amide bonds. The minimum Gasteiger partial charge on any atom is -0.454 e. The lowest BCUT2D eigenvalue weighted by atomic mass is 9.92. The van der Waals surface area contributed by atoms with Gasteiger partial charge in [0.05, 0.1) is 5.60 Å². The minimum atomic E-state index is -1.07. The van der Waals surface area contributed by atoms with E-state index in [-0.39, 0.29) is 11.7 Å². The lowest BCUT2D eigenvalue weighted by molar-refractivity contribution is -0.119. The van der Waals surface area contributed by atoms with Gasteiger partial charge in [0.1, 0.15) is 5.75 Å². The van der Waals surface area contributed by atoms with Crippen LogP contribution < -0.4 is 10.1 Å². The van der Waals surface area contributed by atoms with Crippen molar-refractivity contribution in [2.45, 2.75) is 25.9 Å². The second kappa shape index (κ2) is 7.24. The molecule has 0 aliphatic heterocycles. The largest absolute Gasteiger partial charge is 0.454 e. The molecule has 0 radical (unpaired) electrons. The average molecular weight is 317 g/mol. The third kappa shape index (κ3) is 4.79. The molecule has 0 aliphatic rings. The molecule has 2 N–H and O–H groups in total. The molecule has 0 bridgehead atoms. The van der Waals surface area contributed by atoms with E-state index >= 15 is 0 Å². The first kappa shape index (κ1) is 17.0. The summed E-state index contributed by atoms with van der Waals surface area (Å²) in [5.74, 6) is 0.0718. The van der Waals surface area contributed by atoms with Crippen LogP contribution in [-0.4, -0.2) is 17.6 Å². The molecule has 0 saturated heterocycles. The predicted octanol–water partition coefficient (Wildman–Crippen LogP) is 3.35. The fraction of sp³-hybridized carbons (Fsp3) is 0.278. The first-order valence-electron chi connectivity index (χ1n) is 7.38. The number of para-hydroxylation sites is 1. The second-order valence-electron chi connectivity index (χ2n) is 5.56. The fourth-order valence-electron chi connectivity index (χ4n) is 2.16. The van der Waals surface area contributed by atoms with E-state index in [0.717, 1.165) is 0 Å². The van der Waals surface area contributed by atoms with Gasteiger partial charge < -0.3 is 15.2 Å². The van der Waals surface area contributed by atoms with Crippen LogP contribution in [0.2, 0.25) is 0 Å². The van der Waals surface area contributed by atoms with Crippen molar-refractivity contribution in [1.82, 2.24) is 5.32 Å². The molecule has 1 atom stereocenters. The summed E-state index contributed by atoms with van der Waals surface area (Å²) >= 11 is 0. The smallest absolute Gasteiger partial charge is 0.216 e. The van der Waals surface area contributed by atoms with Crippen LogP contribution in [0.25, 0.3) is 0 Å². The molecule has 0 fully saturated rings. The summed E-state index contributed by atoms with van der Waals surface area (Å²) in [4.78, 5) is 10.9. The first-order valence-corrected chi connectivity index (χ1v) is 7.38. The van der Waals surface area contributed by atoms with Crippen LogP contribution in [0.15, 0.2) is 48.5 Å². The lowest BCUT2D eigenvalue weighted by Gasteiger charge is -2.24. The standard InChI is InChI=1S/C18H20FNO3/c1-13(21)20-12-11-18(2,22)14-7-9-15(10-8-14)23-17-6-4-3-5-16(17)19/h3-10,22H,11-12H2,1-2H3,(H,20,21). The van der Waals surface area contributed by atoms with Gasteiger partial charge >= 0.3 is 0 Å². The molecule has 5 heteroatoms. The highest BCUT2D eigenvalue weighted by molar-refractivity contribution is 5.72. The summed E-state index contributed by atoms with van der Waals surface area (Å²) in [5.41, 5.74) is -0.373. The molecule has 23 heavy (non-hydrogen) atoms. The van der Waals surface area contributed by atoms with Crippen LogP contribution >= 0.6 is 0 Å². The molecule has 0 aromatic heterocycles. The summed E-state index contributed by atoms with van der Waals surface area (Å²) in [5, 5.41) is 13.1. The van der Waals surface area contributed by atoms with Crippen molar-refractivity contribution in [1.29, 1.82) is 0 Å². The number of amides is 1. The SMILES string of the molecule is CC(=O)NCCC(C)(O)c1ccc(Oc2ccccc2F)cc1. The van der Waals surface area contributed by atoms with Crippen LogP contribution in [-0.2, 0) is 10.4 Å². The van der Waals surface area contributed by atoms with E-state index in [0.29, 0.717) is 24.3 Å². The molecule has 0 aliphatic carbocycles. The van der Waals surface area contributed by atoms with E-state index in [2.05, 4.69) is 5.32 Å². The Hall–Kier alpha value is -2.40. The van der Waals surface area contributed by atoms with Gasteiger partial charge in [0.15, 0.2) is 11.6 Å². The molecule has 0 spiro atoms. The Bertz CT molecular complexity index is 668. The van der Waals surface area contributed by atoms with Gasteiger partial charge in [-0.1, -0.05) is 24.3 Å². The number of rotatable bonds is 6. The highest BCUT2D eigenvalue weighted by Crippen LogP contribution is 2.28. The quantitative estimate of drug-likeness (QED) is 0.859. The molecule has 0 heterocycles. The number of aliphatic hydroxyl groups is 1. The Labute approximate surface area is 134 Å². The fourth-order valence-corrected chi connectivity index (χ4v) is 2.16. The number of carbonyl (C=O) groups excluding carboxylic acids is 1. The second-order valence-corrected chi connectivity index (χ2v) is 5.56. The maximum atomic E-state index is 13.5. The summed E-state index contributed by atoms with van der Waals surface area (Å²) in [6.45, 7) is 3.50. The third-order valence-corrected chi connectivity index (χ3v) is 3.53. The maximum Gasteiger partial charge on any atom is 0.216 e. The number of ether oxygens (including phenoxy) is 1. The molecule has 4 nitrogen and oxygen atoms in total. The van der Waals surface area contributed by atoms with Gasteiger partial charge in [-0.15, -0.1) is 0 Å². The highest BCUT2D eigenvalue weighted by atomic mass is 19.1. The van der Waals surface area contributed by atoms with E-state index in [1.54, 1.807) is 49.4 Å². The van der Waals surface area contributed by atoms with Crippen molar-refractivity contribution < 1.29 is 19.0 Å². The van der Waals surface area contributed by atoms with Crippen LogP contribution in [0.1, 0.15) is 25.8 Å². The van der Waals surface area contributed by atoms with Gasteiger partial charge in [-0.05, 0) is 43.2 Å². The number of benzene rings is 2. The maximum absolute atomic E-state index is 13.5. The zero-order valence-electron chi connectivity index (χ0n) is 13.2. The van der Waals surface area contributed by atoms with Crippen molar-refractivity contribution in [3.63, 3.8) is 0 Å². The van der Waals surface area contributed by atoms with Gasteiger partial charge in [0.25, 0.3) is 0 Å². The van der Waals surface area contributed by atoms with Crippen molar-refractivity contribution >= 4 is 5.91 Å². The Morgan fingerprint density at radius 3 is 2.48 bits per heavy atom. The first-order chi connectivity index (χ1) is 10.9. The van der Waals surface area contributed by atoms with E-state index in [1.165, 1.54) is 13.0 Å². The van der Waals surface area contributed by atoms with Gasteiger partial charge in [-0.3, -0.25) is 4.79 Å². The molecular formula is C18H20FNO3. The molecule has 2 rings (SSSR count). The van der Waals surface area contributed by atoms with Crippen LogP contribution in [0.4, 0.5) is 4.39 Å². The molecular weight excluding hydrogens is 297 g/mol. The summed E-state index contributed by atoms with van der Waals surface area (Å²) in [6, 6.07) is 13.0. The van der Waals surface area contributed by atoms with Crippen molar-refractivity contribution in [3.05, 3.63) is 59.9 Å². The van der Waals surface area contributed by atoms with Gasteiger partial charge in [-0.2, -0.15) is 0 Å². The molecule has 0 saturated carbocycles. The zero-order valence-corrected chi connectivity index (χ0v) is 13.2. The lowest BCUT2D eigenvalue weighted by Crippen LogP contribution is -2.29. The number of nitrogens with one attached hydrogen (secondary N) is 1. The summed E-state index contributed by atoms with van der Waals surface area (Å²) < 4.78 is 19.0. The van der Waals surface area contributed by atoms with Crippen LogP contribution in [0.5, 0.6) is 11.5 Å². The normalized spacial score (nSPS) is 13.2. The molecule has 122 valence electrons. The summed E-state index contributed by atoms with van der Waals surface area (Å²) in [6.07, 6.45) is 0.389. The minimum absolute atomic E-state index is 0.130. The number of hydrogen-bond acceptors (Lipinski definition) is 3. The average Bonchev–Trinajstić information content (AvgIpc) is 2.49.